The lowest BCUT2D eigenvalue weighted by atomic mass is 9.85. The van der Waals surface area contributed by atoms with E-state index in [1.54, 1.807) is 4.90 Å². The highest BCUT2D eigenvalue weighted by molar-refractivity contribution is 6.05. The van der Waals surface area contributed by atoms with Crippen molar-refractivity contribution >= 4 is 23.6 Å². The van der Waals surface area contributed by atoms with Gasteiger partial charge in [-0.3, -0.25) is 24.1 Å². The summed E-state index contributed by atoms with van der Waals surface area (Å²) in [5.41, 5.74) is 2.01. The minimum atomic E-state index is -0.612. The van der Waals surface area contributed by atoms with E-state index in [-0.39, 0.29) is 48.4 Å². The number of fused-ring (bicyclic) bond motifs is 1. The maximum absolute atomic E-state index is 13.3. The van der Waals surface area contributed by atoms with Gasteiger partial charge >= 0.3 is 0 Å². The van der Waals surface area contributed by atoms with E-state index in [0.29, 0.717) is 32.4 Å². The Bertz CT molecular complexity index is 884. The monoisotopic (exact) mass is 439 g/mol. The van der Waals surface area contributed by atoms with Gasteiger partial charge in [-0.1, -0.05) is 43.3 Å². The molecule has 0 bridgehead atoms. The lowest BCUT2D eigenvalue weighted by molar-refractivity contribution is -0.144. The van der Waals surface area contributed by atoms with Gasteiger partial charge in [0, 0.05) is 26.1 Å². The molecule has 4 amide bonds. The molecule has 1 aromatic rings. The number of likely N-dealkylation sites (N-methyl/N-ethyl adjacent to an activating group) is 1. The largest absolute Gasteiger partial charge is 0.355 e. The average molecular weight is 440 g/mol. The second-order valence-electron chi connectivity index (χ2n) is 8.50. The molecule has 1 N–H and O–H groups in total. The predicted molar refractivity (Wildman–Crippen MR) is 121 cm³/mol. The second-order valence-corrected chi connectivity index (χ2v) is 8.50. The van der Waals surface area contributed by atoms with Crippen LogP contribution in [0.2, 0.25) is 0 Å². The fourth-order valence-electron chi connectivity index (χ4n) is 4.62. The Hall–Kier alpha value is -2.96. The molecule has 1 heterocycles. The van der Waals surface area contributed by atoms with Crippen molar-refractivity contribution < 1.29 is 19.2 Å². The molecule has 7 nitrogen and oxygen atoms in total. The number of hydrogen-bond donors (Lipinski definition) is 1. The number of carbonyl (C=O) groups excluding carboxylic acids is 4. The van der Waals surface area contributed by atoms with Crippen LogP contribution in [0, 0.1) is 18.8 Å². The van der Waals surface area contributed by atoms with Gasteiger partial charge in [-0.2, -0.15) is 0 Å². The Balaban J connectivity index is 1.76. The topological polar surface area (TPSA) is 86.8 Å². The van der Waals surface area contributed by atoms with E-state index in [0.717, 1.165) is 11.1 Å². The van der Waals surface area contributed by atoms with Gasteiger partial charge in [0.25, 0.3) is 0 Å². The molecule has 1 fully saturated rings. The number of carbonyl (C=O) groups is 4. The summed E-state index contributed by atoms with van der Waals surface area (Å²) in [7, 11) is 0. The zero-order chi connectivity index (χ0) is 23.3. The summed E-state index contributed by atoms with van der Waals surface area (Å²) in [4.78, 5) is 54.3. The minimum absolute atomic E-state index is 0.00609. The van der Waals surface area contributed by atoms with E-state index in [1.807, 2.05) is 57.2 Å². The Morgan fingerprint density at radius 3 is 2.28 bits per heavy atom. The number of hydrogen-bond acceptors (Lipinski definition) is 4. The molecule has 1 aromatic carbocycles. The van der Waals surface area contributed by atoms with Gasteiger partial charge in [-0.05, 0) is 44.2 Å². The highest BCUT2D eigenvalue weighted by atomic mass is 16.2. The Labute approximate surface area is 189 Å². The van der Waals surface area contributed by atoms with Crippen molar-refractivity contribution in [3.8, 4) is 0 Å². The molecule has 0 saturated carbocycles. The summed E-state index contributed by atoms with van der Waals surface area (Å²) in [5, 5.41) is 2.82. The van der Waals surface area contributed by atoms with Crippen LogP contribution < -0.4 is 5.32 Å². The fourth-order valence-corrected chi connectivity index (χ4v) is 4.62. The van der Waals surface area contributed by atoms with Gasteiger partial charge in [0.05, 0.1) is 11.8 Å². The molecule has 7 heteroatoms. The normalized spacial score (nSPS) is 20.8. The maximum atomic E-state index is 13.3. The smallest absolute Gasteiger partial charge is 0.242 e. The number of allylic oxidation sites excluding steroid dienone is 2. The summed E-state index contributed by atoms with van der Waals surface area (Å²) >= 11 is 0. The number of nitrogens with zero attached hydrogens (tertiary/aromatic N) is 2. The third-order valence-electron chi connectivity index (χ3n) is 6.49. The maximum Gasteiger partial charge on any atom is 0.242 e. The number of likely N-dealkylation sites (tertiary alicyclic amines) is 1. The van der Waals surface area contributed by atoms with Crippen molar-refractivity contribution in [3.63, 3.8) is 0 Å². The number of amides is 4. The highest BCUT2D eigenvalue weighted by Crippen LogP contribution is 2.35. The third-order valence-corrected chi connectivity index (χ3v) is 6.49. The number of rotatable bonds is 9. The van der Waals surface area contributed by atoms with Crippen molar-refractivity contribution in [3.05, 3.63) is 47.5 Å². The first kappa shape index (κ1) is 23.7. The van der Waals surface area contributed by atoms with Crippen LogP contribution in [0.15, 0.2) is 36.4 Å². The molecule has 172 valence electrons. The van der Waals surface area contributed by atoms with Gasteiger partial charge < -0.3 is 10.2 Å². The molecule has 0 unspecified atom stereocenters. The first-order chi connectivity index (χ1) is 15.4. The van der Waals surface area contributed by atoms with E-state index in [2.05, 4.69) is 5.32 Å². The summed E-state index contributed by atoms with van der Waals surface area (Å²) in [6.07, 6.45) is 5.53. The van der Waals surface area contributed by atoms with Crippen LogP contribution in [-0.2, 0) is 25.7 Å². The summed E-state index contributed by atoms with van der Waals surface area (Å²) < 4.78 is 0. The van der Waals surface area contributed by atoms with Crippen molar-refractivity contribution in [2.45, 2.75) is 59.0 Å². The first-order valence-corrected chi connectivity index (χ1v) is 11.5. The Morgan fingerprint density at radius 1 is 1.09 bits per heavy atom. The SMILES string of the molecule is CCNC(=O)[C@H](CC)N(Cc1ccccc1C)C(=O)CCN1C(=O)[C@H]2CC=CC[C@H]2C1=O. The van der Waals surface area contributed by atoms with Crippen molar-refractivity contribution in [1.29, 1.82) is 0 Å². The van der Waals surface area contributed by atoms with Gasteiger partial charge in [-0.15, -0.1) is 0 Å². The summed E-state index contributed by atoms with van der Waals surface area (Å²) in [6, 6.07) is 7.16. The molecule has 3 atom stereocenters. The molecular weight excluding hydrogens is 406 g/mol. The molecule has 3 rings (SSSR count). The Morgan fingerprint density at radius 2 is 1.72 bits per heavy atom. The lowest BCUT2D eigenvalue weighted by Gasteiger charge is -2.31. The van der Waals surface area contributed by atoms with Gasteiger partial charge in [0.2, 0.25) is 23.6 Å². The molecule has 0 aromatic heterocycles. The minimum Gasteiger partial charge on any atom is -0.355 e. The van der Waals surface area contributed by atoms with Gasteiger partial charge in [-0.25, -0.2) is 0 Å². The van der Waals surface area contributed by atoms with Crippen LogP contribution in [-0.4, -0.2) is 52.6 Å². The Kier molecular flexibility index (Phi) is 7.83. The van der Waals surface area contributed by atoms with Crippen molar-refractivity contribution in [1.82, 2.24) is 15.1 Å². The number of aryl methyl sites for hydroxylation is 1. The average Bonchev–Trinajstić information content (AvgIpc) is 3.03. The standard InChI is InChI=1S/C25H33N3O4/c1-4-21(23(30)26-5-2)28(16-18-11-7-6-10-17(18)3)22(29)14-15-27-24(31)19-12-8-9-13-20(19)25(27)32/h6-11,19-21H,4-5,12-16H2,1-3H3,(H,26,30)/t19-,20+,21-/m0/s1. The predicted octanol–water partition coefficient (Wildman–Crippen LogP) is 2.58. The molecule has 1 aliphatic carbocycles. The van der Waals surface area contributed by atoms with E-state index in [4.69, 9.17) is 0 Å². The number of benzene rings is 1. The van der Waals surface area contributed by atoms with Crippen LogP contribution in [0.5, 0.6) is 0 Å². The molecule has 32 heavy (non-hydrogen) atoms. The van der Waals surface area contributed by atoms with Crippen LogP contribution >= 0.6 is 0 Å². The summed E-state index contributed by atoms with van der Waals surface area (Å²) in [5.74, 6) is -1.40. The third kappa shape index (κ3) is 4.92. The van der Waals surface area contributed by atoms with Crippen LogP contribution in [0.1, 0.15) is 50.7 Å². The fraction of sp³-hybridized carbons (Fsp3) is 0.520. The first-order valence-electron chi connectivity index (χ1n) is 11.5. The highest BCUT2D eigenvalue weighted by Gasteiger charge is 2.47. The molecule has 0 spiro atoms. The zero-order valence-electron chi connectivity index (χ0n) is 19.2. The molecule has 2 aliphatic rings. The van der Waals surface area contributed by atoms with Crippen molar-refractivity contribution in [2.75, 3.05) is 13.1 Å². The van der Waals surface area contributed by atoms with Crippen LogP contribution in [0.25, 0.3) is 0 Å². The summed E-state index contributed by atoms with van der Waals surface area (Å²) in [6.45, 7) is 6.54. The van der Waals surface area contributed by atoms with Crippen molar-refractivity contribution in [2.24, 2.45) is 11.8 Å². The molecular formula is C25H33N3O4. The zero-order valence-corrected chi connectivity index (χ0v) is 19.2. The second kappa shape index (κ2) is 10.6. The number of nitrogens with one attached hydrogen (secondary N) is 1. The van der Waals surface area contributed by atoms with E-state index >= 15 is 0 Å². The van der Waals surface area contributed by atoms with Gasteiger partial charge in [0.1, 0.15) is 6.04 Å². The quantitative estimate of drug-likeness (QED) is 0.473. The van der Waals surface area contributed by atoms with E-state index in [9.17, 15) is 19.2 Å². The van der Waals surface area contributed by atoms with E-state index in [1.165, 1.54) is 4.90 Å². The molecule has 1 aliphatic heterocycles. The number of imide groups is 1. The van der Waals surface area contributed by atoms with Crippen LogP contribution in [0.3, 0.4) is 0 Å². The van der Waals surface area contributed by atoms with E-state index < -0.39 is 6.04 Å². The van der Waals surface area contributed by atoms with Gasteiger partial charge in [0.15, 0.2) is 0 Å². The lowest BCUT2D eigenvalue weighted by Crippen LogP contribution is -2.49. The molecule has 0 radical (unpaired) electrons. The van der Waals surface area contributed by atoms with Crippen LogP contribution in [0.4, 0.5) is 0 Å². The molecule has 1 saturated heterocycles.